The molecule has 2 aromatic rings. The molecule has 0 aliphatic carbocycles. The lowest BCUT2D eigenvalue weighted by molar-refractivity contribution is 0.00587. The van der Waals surface area contributed by atoms with Crippen LogP contribution < -0.4 is 4.74 Å². The first-order valence-electron chi connectivity index (χ1n) is 6.96. The number of β-amino-alcohol motifs (C(OH)–C–C–N with tert-alkyl or cyclic N) is 1. The van der Waals surface area contributed by atoms with Gasteiger partial charge in [0.2, 0.25) is 0 Å². The zero-order chi connectivity index (χ0) is 14.7. The molecule has 0 saturated carbocycles. The maximum Gasteiger partial charge on any atom is 0.254 e. The number of carbonyl (C=O) groups is 1. The van der Waals surface area contributed by atoms with Gasteiger partial charge in [0, 0.05) is 18.7 Å². The molecule has 4 heteroatoms. The van der Waals surface area contributed by atoms with Gasteiger partial charge in [0.05, 0.1) is 6.10 Å². The Balaban J connectivity index is 1.64. The first kappa shape index (κ1) is 13.6. The van der Waals surface area contributed by atoms with Crippen LogP contribution in [0, 0.1) is 0 Å². The molecule has 0 spiro atoms. The topological polar surface area (TPSA) is 49.8 Å². The van der Waals surface area contributed by atoms with E-state index in [1.807, 2.05) is 42.5 Å². The van der Waals surface area contributed by atoms with E-state index in [1.54, 1.807) is 17.0 Å². The molecule has 0 unspecified atom stereocenters. The molecule has 4 nitrogen and oxygen atoms in total. The Labute approximate surface area is 123 Å². The van der Waals surface area contributed by atoms with Crippen LogP contribution in [0.1, 0.15) is 15.9 Å². The molecule has 21 heavy (non-hydrogen) atoms. The zero-order valence-electron chi connectivity index (χ0n) is 11.6. The van der Waals surface area contributed by atoms with Crippen molar-refractivity contribution in [1.29, 1.82) is 0 Å². The second kappa shape index (κ2) is 5.97. The summed E-state index contributed by atoms with van der Waals surface area (Å²) in [7, 11) is 0. The third-order valence-corrected chi connectivity index (χ3v) is 3.48. The minimum atomic E-state index is -0.383. The molecule has 1 fully saturated rings. The van der Waals surface area contributed by atoms with Gasteiger partial charge in [-0.15, -0.1) is 0 Å². The van der Waals surface area contributed by atoms with E-state index >= 15 is 0 Å². The molecular formula is C17H17NO3. The Hall–Kier alpha value is -2.33. The number of nitrogens with zero attached hydrogens (tertiary/aromatic N) is 1. The molecule has 3 rings (SSSR count). The normalized spacial score (nSPS) is 14.6. The Kier molecular flexibility index (Phi) is 3.88. The lowest BCUT2D eigenvalue weighted by atomic mass is 10.1. The molecule has 1 amide bonds. The molecule has 0 radical (unpaired) electrons. The molecule has 2 aromatic carbocycles. The first-order chi connectivity index (χ1) is 10.2. The van der Waals surface area contributed by atoms with E-state index in [-0.39, 0.29) is 12.0 Å². The summed E-state index contributed by atoms with van der Waals surface area (Å²) in [6.45, 7) is 1.29. The Morgan fingerprint density at radius 3 is 2.62 bits per heavy atom. The van der Waals surface area contributed by atoms with Crippen LogP contribution in [0.3, 0.4) is 0 Å². The van der Waals surface area contributed by atoms with Gasteiger partial charge in [-0.25, -0.2) is 0 Å². The van der Waals surface area contributed by atoms with E-state index in [2.05, 4.69) is 0 Å². The Bertz CT molecular complexity index is 621. The highest BCUT2D eigenvalue weighted by Gasteiger charge is 2.29. The first-order valence-corrected chi connectivity index (χ1v) is 6.96. The fraction of sp³-hybridized carbons (Fsp3) is 0.235. The monoisotopic (exact) mass is 283 g/mol. The smallest absolute Gasteiger partial charge is 0.254 e. The third kappa shape index (κ3) is 3.23. The van der Waals surface area contributed by atoms with Gasteiger partial charge < -0.3 is 14.7 Å². The van der Waals surface area contributed by atoms with Crippen molar-refractivity contribution in [2.45, 2.75) is 12.7 Å². The van der Waals surface area contributed by atoms with E-state index in [9.17, 15) is 9.90 Å². The van der Waals surface area contributed by atoms with E-state index in [0.717, 1.165) is 5.56 Å². The number of hydrogen-bond donors (Lipinski definition) is 1. The number of likely N-dealkylation sites (tertiary alicyclic amines) is 1. The van der Waals surface area contributed by atoms with Crippen molar-refractivity contribution in [1.82, 2.24) is 4.90 Å². The van der Waals surface area contributed by atoms with Crippen molar-refractivity contribution in [2.24, 2.45) is 0 Å². The molecule has 1 aliphatic heterocycles. The van der Waals surface area contributed by atoms with Crippen LogP contribution in [-0.4, -0.2) is 35.1 Å². The van der Waals surface area contributed by atoms with Crippen LogP contribution in [0.2, 0.25) is 0 Å². The van der Waals surface area contributed by atoms with Crippen LogP contribution in [0.25, 0.3) is 0 Å². The van der Waals surface area contributed by atoms with E-state index in [4.69, 9.17) is 4.74 Å². The van der Waals surface area contributed by atoms with Gasteiger partial charge in [-0.2, -0.15) is 0 Å². The summed E-state index contributed by atoms with van der Waals surface area (Å²) in [5, 5.41) is 9.26. The van der Waals surface area contributed by atoms with E-state index in [1.165, 1.54) is 0 Å². The molecule has 0 atom stereocenters. The summed E-state index contributed by atoms with van der Waals surface area (Å²) in [6.07, 6.45) is -0.383. The number of benzene rings is 2. The number of carbonyl (C=O) groups excluding carboxylic acids is 1. The summed E-state index contributed by atoms with van der Waals surface area (Å²) < 4.78 is 5.72. The van der Waals surface area contributed by atoms with E-state index in [0.29, 0.717) is 31.0 Å². The quantitative estimate of drug-likeness (QED) is 0.934. The number of aliphatic hydroxyl groups excluding tert-OH is 1. The van der Waals surface area contributed by atoms with Gasteiger partial charge in [0.25, 0.3) is 5.91 Å². The largest absolute Gasteiger partial charge is 0.489 e. The van der Waals surface area contributed by atoms with Gasteiger partial charge in [0.1, 0.15) is 12.4 Å². The van der Waals surface area contributed by atoms with Crippen molar-refractivity contribution < 1.29 is 14.6 Å². The van der Waals surface area contributed by atoms with Crippen LogP contribution in [0.4, 0.5) is 0 Å². The maximum absolute atomic E-state index is 12.2. The zero-order valence-corrected chi connectivity index (χ0v) is 11.6. The number of aliphatic hydroxyl groups is 1. The molecule has 1 aliphatic rings. The van der Waals surface area contributed by atoms with Crippen molar-refractivity contribution in [3.05, 3.63) is 65.7 Å². The fourth-order valence-corrected chi connectivity index (χ4v) is 2.26. The average Bonchev–Trinajstić information content (AvgIpc) is 2.50. The summed E-state index contributed by atoms with van der Waals surface area (Å²) in [5.41, 5.74) is 1.67. The standard InChI is InChI=1S/C17H17NO3/c19-15-10-18(11-15)17(20)14-7-4-8-16(9-14)21-12-13-5-2-1-3-6-13/h1-9,15,19H,10-12H2. The lowest BCUT2D eigenvalue weighted by Gasteiger charge is -2.35. The highest BCUT2D eigenvalue weighted by Crippen LogP contribution is 2.19. The molecule has 1 N–H and O–H groups in total. The van der Waals surface area contributed by atoms with Gasteiger partial charge in [0.15, 0.2) is 0 Å². The molecule has 108 valence electrons. The summed E-state index contributed by atoms with van der Waals surface area (Å²) >= 11 is 0. The average molecular weight is 283 g/mol. The predicted molar refractivity (Wildman–Crippen MR) is 79.1 cm³/mol. The Morgan fingerprint density at radius 1 is 1.14 bits per heavy atom. The van der Waals surface area contributed by atoms with Gasteiger partial charge in [-0.3, -0.25) is 4.79 Å². The van der Waals surface area contributed by atoms with Crippen molar-refractivity contribution in [3.63, 3.8) is 0 Å². The SMILES string of the molecule is O=C(c1cccc(OCc2ccccc2)c1)N1CC(O)C1. The molecule has 1 heterocycles. The van der Waals surface area contributed by atoms with Crippen LogP contribution in [-0.2, 0) is 6.61 Å². The maximum atomic E-state index is 12.2. The summed E-state index contributed by atoms with van der Waals surface area (Å²) in [5.74, 6) is 0.608. The number of hydrogen-bond acceptors (Lipinski definition) is 3. The van der Waals surface area contributed by atoms with Crippen molar-refractivity contribution in [2.75, 3.05) is 13.1 Å². The summed E-state index contributed by atoms with van der Waals surface area (Å²) in [4.78, 5) is 13.8. The fourth-order valence-electron chi connectivity index (χ4n) is 2.26. The second-order valence-electron chi connectivity index (χ2n) is 5.17. The molecule has 0 aromatic heterocycles. The molecular weight excluding hydrogens is 266 g/mol. The minimum Gasteiger partial charge on any atom is -0.489 e. The number of rotatable bonds is 4. The van der Waals surface area contributed by atoms with Crippen LogP contribution >= 0.6 is 0 Å². The molecule has 0 bridgehead atoms. The number of ether oxygens (including phenoxy) is 1. The summed E-state index contributed by atoms with van der Waals surface area (Å²) in [6, 6.07) is 17.0. The third-order valence-electron chi connectivity index (χ3n) is 3.48. The Morgan fingerprint density at radius 2 is 1.90 bits per heavy atom. The van der Waals surface area contributed by atoms with Gasteiger partial charge >= 0.3 is 0 Å². The van der Waals surface area contributed by atoms with Crippen molar-refractivity contribution in [3.8, 4) is 5.75 Å². The number of amides is 1. The van der Waals surface area contributed by atoms with Crippen molar-refractivity contribution >= 4 is 5.91 Å². The highest BCUT2D eigenvalue weighted by atomic mass is 16.5. The van der Waals surface area contributed by atoms with E-state index < -0.39 is 0 Å². The lowest BCUT2D eigenvalue weighted by Crippen LogP contribution is -2.53. The molecule has 1 saturated heterocycles. The minimum absolute atomic E-state index is 0.0644. The highest BCUT2D eigenvalue weighted by molar-refractivity contribution is 5.95. The predicted octanol–water partition coefficient (Wildman–Crippen LogP) is 2.08. The van der Waals surface area contributed by atoms with Gasteiger partial charge in [-0.1, -0.05) is 36.4 Å². The second-order valence-corrected chi connectivity index (χ2v) is 5.17. The van der Waals surface area contributed by atoms with Crippen LogP contribution in [0.5, 0.6) is 5.75 Å². The van der Waals surface area contributed by atoms with Gasteiger partial charge in [-0.05, 0) is 23.8 Å². The van der Waals surface area contributed by atoms with Crippen LogP contribution in [0.15, 0.2) is 54.6 Å².